The Morgan fingerprint density at radius 2 is 2.06 bits per heavy atom. The molecule has 31 heavy (non-hydrogen) atoms. The minimum atomic E-state index is -3.52. The van der Waals surface area contributed by atoms with Gasteiger partial charge >= 0.3 is 6.03 Å². The second-order valence-corrected chi connectivity index (χ2v) is 9.84. The Morgan fingerprint density at radius 1 is 1.39 bits per heavy atom. The van der Waals surface area contributed by atoms with Crippen LogP contribution in [0.2, 0.25) is 0 Å². The third-order valence-electron chi connectivity index (χ3n) is 4.12. The first-order valence-electron chi connectivity index (χ1n) is 9.92. The van der Waals surface area contributed by atoms with E-state index in [1.807, 2.05) is 0 Å². The van der Waals surface area contributed by atoms with Crippen molar-refractivity contribution in [2.75, 3.05) is 25.4 Å². The molecule has 1 aliphatic rings. The van der Waals surface area contributed by atoms with Crippen LogP contribution >= 0.6 is 0 Å². The molecule has 0 unspecified atom stereocenters. The SMILES string of the molecule is C=C(/C=C\C=C(/C)OCC(C)(C)O)[C@@H](C)NS(=O)(=O)CC/C=C/CN1CC(=O)NC1=O. The van der Waals surface area contributed by atoms with Crippen molar-refractivity contribution in [3.05, 3.63) is 48.3 Å². The molecule has 10 heteroatoms. The number of sulfonamides is 1. The maximum atomic E-state index is 12.2. The molecule has 1 aliphatic heterocycles. The van der Waals surface area contributed by atoms with E-state index in [1.54, 1.807) is 58.1 Å². The number of aliphatic hydroxyl groups is 1. The van der Waals surface area contributed by atoms with Gasteiger partial charge < -0.3 is 14.7 Å². The summed E-state index contributed by atoms with van der Waals surface area (Å²) in [7, 11) is -3.52. The molecule has 0 aromatic carbocycles. The van der Waals surface area contributed by atoms with Crippen molar-refractivity contribution in [3.63, 3.8) is 0 Å². The van der Waals surface area contributed by atoms with Crippen molar-refractivity contribution >= 4 is 22.0 Å². The van der Waals surface area contributed by atoms with E-state index in [0.29, 0.717) is 11.3 Å². The van der Waals surface area contributed by atoms with E-state index in [0.717, 1.165) is 0 Å². The van der Waals surface area contributed by atoms with Crippen LogP contribution in [0.15, 0.2) is 48.3 Å². The number of urea groups is 1. The normalized spacial score (nSPS) is 16.9. The second-order valence-electron chi connectivity index (χ2n) is 7.96. The van der Waals surface area contributed by atoms with Crippen LogP contribution in [-0.2, 0) is 19.6 Å². The number of allylic oxidation sites excluding steroid dienone is 4. The standard InChI is InChI=1S/C21H33N3O6S/c1-16(10-9-11-17(2)30-15-21(4,5)27)18(3)23-31(28,29)13-8-6-7-12-24-14-19(25)22-20(24)26/h6-7,9-11,18,23,27H,1,8,12-15H2,2-5H3,(H,22,25,26)/b7-6+,10-9-,17-11+/t18-/m1/s1. The molecule has 1 rings (SSSR count). The van der Waals surface area contributed by atoms with Crippen LogP contribution in [0.25, 0.3) is 0 Å². The number of imide groups is 1. The van der Waals surface area contributed by atoms with Crippen LogP contribution in [0.1, 0.15) is 34.1 Å². The monoisotopic (exact) mass is 455 g/mol. The second kappa shape index (κ2) is 11.8. The lowest BCUT2D eigenvalue weighted by molar-refractivity contribution is -0.118. The summed E-state index contributed by atoms with van der Waals surface area (Å²) in [5, 5.41) is 11.8. The highest BCUT2D eigenvalue weighted by molar-refractivity contribution is 7.89. The molecule has 0 aliphatic carbocycles. The van der Waals surface area contributed by atoms with Crippen molar-refractivity contribution in [1.29, 1.82) is 0 Å². The molecule has 1 heterocycles. The van der Waals surface area contributed by atoms with Gasteiger partial charge in [-0.25, -0.2) is 17.9 Å². The zero-order valence-electron chi connectivity index (χ0n) is 18.6. The maximum Gasteiger partial charge on any atom is 0.324 e. The molecular weight excluding hydrogens is 422 g/mol. The van der Waals surface area contributed by atoms with Crippen LogP contribution in [0.5, 0.6) is 0 Å². The Bertz CT molecular complexity index is 853. The molecule has 174 valence electrons. The zero-order valence-corrected chi connectivity index (χ0v) is 19.4. The van der Waals surface area contributed by atoms with Gasteiger partial charge in [0.25, 0.3) is 0 Å². The molecule has 0 aromatic heterocycles. The van der Waals surface area contributed by atoms with Crippen LogP contribution in [0.3, 0.4) is 0 Å². The molecule has 1 atom stereocenters. The van der Waals surface area contributed by atoms with Gasteiger partial charge in [0.2, 0.25) is 15.9 Å². The van der Waals surface area contributed by atoms with E-state index in [9.17, 15) is 23.1 Å². The zero-order chi connectivity index (χ0) is 23.7. The quantitative estimate of drug-likeness (QED) is 0.168. The minimum absolute atomic E-state index is 0.0103. The van der Waals surface area contributed by atoms with Crippen LogP contribution in [0.4, 0.5) is 4.79 Å². The molecule has 9 nitrogen and oxygen atoms in total. The molecule has 1 fully saturated rings. The fourth-order valence-corrected chi connectivity index (χ4v) is 3.62. The van der Waals surface area contributed by atoms with Gasteiger partial charge in [0.15, 0.2) is 0 Å². The predicted octanol–water partition coefficient (Wildman–Crippen LogP) is 1.60. The number of hydrogen-bond donors (Lipinski definition) is 3. The summed E-state index contributed by atoms with van der Waals surface area (Å²) in [4.78, 5) is 23.8. The molecule has 3 amide bonds. The Hall–Kier alpha value is -2.43. The van der Waals surface area contributed by atoms with E-state index in [-0.39, 0.29) is 37.8 Å². The average Bonchev–Trinajstić information content (AvgIpc) is 2.95. The van der Waals surface area contributed by atoms with Gasteiger partial charge in [0, 0.05) is 12.6 Å². The minimum Gasteiger partial charge on any atom is -0.495 e. The lowest BCUT2D eigenvalue weighted by Gasteiger charge is -2.17. The number of nitrogens with one attached hydrogen (secondary N) is 2. The molecule has 0 saturated carbocycles. The predicted molar refractivity (Wildman–Crippen MR) is 120 cm³/mol. The van der Waals surface area contributed by atoms with Gasteiger partial charge in [-0.15, -0.1) is 0 Å². The first-order chi connectivity index (χ1) is 14.3. The Kier molecular flexibility index (Phi) is 10.1. The van der Waals surface area contributed by atoms with E-state index >= 15 is 0 Å². The smallest absolute Gasteiger partial charge is 0.324 e. The molecular formula is C21H33N3O6S. The van der Waals surface area contributed by atoms with Crippen molar-refractivity contribution in [3.8, 4) is 0 Å². The highest BCUT2D eigenvalue weighted by Crippen LogP contribution is 2.08. The third-order valence-corrected chi connectivity index (χ3v) is 5.61. The number of carbonyl (C=O) groups excluding carboxylic acids is 2. The third kappa shape index (κ3) is 11.5. The molecule has 0 spiro atoms. The summed E-state index contributed by atoms with van der Waals surface area (Å²) in [5.41, 5.74) is -0.345. The molecule has 3 N–H and O–H groups in total. The fourth-order valence-electron chi connectivity index (χ4n) is 2.37. The van der Waals surface area contributed by atoms with Gasteiger partial charge in [-0.05, 0) is 45.8 Å². The summed E-state index contributed by atoms with van der Waals surface area (Å²) in [6, 6.07) is -0.936. The van der Waals surface area contributed by atoms with E-state index < -0.39 is 27.7 Å². The lowest BCUT2D eigenvalue weighted by Crippen LogP contribution is -2.35. The van der Waals surface area contributed by atoms with Gasteiger partial charge in [-0.2, -0.15) is 0 Å². The van der Waals surface area contributed by atoms with Gasteiger partial charge in [0.1, 0.15) is 13.2 Å². The summed E-state index contributed by atoms with van der Waals surface area (Å²) < 4.78 is 32.4. The topological polar surface area (TPSA) is 125 Å². The van der Waals surface area contributed by atoms with Crippen molar-refractivity contribution in [2.45, 2.75) is 45.8 Å². The van der Waals surface area contributed by atoms with Crippen molar-refractivity contribution in [1.82, 2.24) is 14.9 Å². The number of rotatable bonds is 13. The number of carbonyl (C=O) groups is 2. The maximum absolute atomic E-state index is 12.2. The fraction of sp³-hybridized carbons (Fsp3) is 0.524. The molecule has 1 saturated heterocycles. The van der Waals surface area contributed by atoms with Crippen molar-refractivity contribution < 1.29 is 27.9 Å². The van der Waals surface area contributed by atoms with E-state index in [1.165, 1.54) is 4.90 Å². The Labute approximate surface area is 184 Å². The number of hydrogen-bond acceptors (Lipinski definition) is 6. The summed E-state index contributed by atoms with van der Waals surface area (Å²) in [6.45, 7) is 11.1. The van der Waals surface area contributed by atoms with E-state index in [2.05, 4.69) is 16.6 Å². The average molecular weight is 456 g/mol. The molecule has 0 bridgehead atoms. The van der Waals surface area contributed by atoms with Crippen molar-refractivity contribution in [2.24, 2.45) is 0 Å². The van der Waals surface area contributed by atoms with Gasteiger partial charge in [0.05, 0.1) is 17.1 Å². The summed E-state index contributed by atoms with van der Waals surface area (Å²) in [5.74, 6) is 0.155. The molecule has 0 radical (unpaired) electrons. The van der Waals surface area contributed by atoms with E-state index in [4.69, 9.17) is 4.74 Å². The van der Waals surface area contributed by atoms with Crippen LogP contribution in [-0.4, -0.2) is 67.5 Å². The lowest BCUT2D eigenvalue weighted by atomic mass is 10.1. The first-order valence-corrected chi connectivity index (χ1v) is 11.6. The Morgan fingerprint density at radius 3 is 2.65 bits per heavy atom. The Balaban J connectivity index is 2.40. The first kappa shape index (κ1) is 26.6. The van der Waals surface area contributed by atoms with Gasteiger partial charge in [-0.1, -0.05) is 30.9 Å². The largest absolute Gasteiger partial charge is 0.495 e. The highest BCUT2D eigenvalue weighted by atomic mass is 32.2. The van der Waals surface area contributed by atoms with Gasteiger partial charge in [-0.3, -0.25) is 10.1 Å². The summed E-state index contributed by atoms with van der Waals surface area (Å²) in [6.07, 6.45) is 8.69. The number of nitrogens with zero attached hydrogens (tertiary/aromatic N) is 1. The van der Waals surface area contributed by atoms with Crippen LogP contribution < -0.4 is 10.0 Å². The van der Waals surface area contributed by atoms with Crippen LogP contribution in [0, 0.1) is 0 Å². The number of amides is 3. The summed E-state index contributed by atoms with van der Waals surface area (Å²) >= 11 is 0. The highest BCUT2D eigenvalue weighted by Gasteiger charge is 2.25. The number of ether oxygens (including phenoxy) is 1. The molecule has 0 aromatic rings.